The van der Waals surface area contributed by atoms with Crippen molar-refractivity contribution in [3.05, 3.63) is 29.3 Å². The summed E-state index contributed by atoms with van der Waals surface area (Å²) in [6.07, 6.45) is 4.86. The smallest absolute Gasteiger partial charge is 0.191 e. The summed E-state index contributed by atoms with van der Waals surface area (Å²) in [5, 5.41) is 0. The molecule has 3 rings (SSSR count). The van der Waals surface area contributed by atoms with Gasteiger partial charge in [0, 0.05) is 25.3 Å². The summed E-state index contributed by atoms with van der Waals surface area (Å²) in [4.78, 5) is 6.61. The number of nitrogens with two attached hydrogens (primary N) is 1. The van der Waals surface area contributed by atoms with E-state index in [2.05, 4.69) is 35.0 Å². The Bertz CT molecular complexity index is 563. The van der Waals surface area contributed by atoms with Gasteiger partial charge in [-0.05, 0) is 44.2 Å². The van der Waals surface area contributed by atoms with E-state index >= 15 is 0 Å². The Kier molecular flexibility index (Phi) is 5.06. The quantitative estimate of drug-likeness (QED) is 0.647. The zero-order valence-corrected chi connectivity index (χ0v) is 14.1. The maximum Gasteiger partial charge on any atom is 0.191 e. The van der Waals surface area contributed by atoms with Crippen LogP contribution in [0, 0.1) is 6.92 Å². The molecular weight excluding hydrogens is 290 g/mol. The summed E-state index contributed by atoms with van der Waals surface area (Å²) in [5.41, 5.74) is 8.33. The zero-order valence-electron chi connectivity index (χ0n) is 14.1. The van der Waals surface area contributed by atoms with Gasteiger partial charge in [-0.3, -0.25) is 0 Å². The molecule has 2 N–H and O–H groups in total. The fraction of sp³-hybridized carbons (Fsp3) is 0.611. The minimum Gasteiger partial charge on any atom is -0.491 e. The molecule has 1 aliphatic carbocycles. The van der Waals surface area contributed by atoms with Crippen LogP contribution in [0.4, 0.5) is 0 Å². The SMILES string of the molecule is Cc1ccc(CN=C(N)N(C)C2CC2)c(OC[C@@H]2CCCO2)c1. The summed E-state index contributed by atoms with van der Waals surface area (Å²) in [6.45, 7) is 4.08. The average molecular weight is 317 g/mol. The number of hydrogen-bond donors (Lipinski definition) is 1. The molecule has 1 aromatic rings. The van der Waals surface area contributed by atoms with Crippen LogP contribution in [0.25, 0.3) is 0 Å². The number of benzene rings is 1. The second-order valence-electron chi connectivity index (χ2n) is 6.57. The number of aryl methyl sites for hydroxylation is 1. The lowest BCUT2D eigenvalue weighted by molar-refractivity contribution is 0.0676. The Morgan fingerprint density at radius 1 is 1.39 bits per heavy atom. The first-order valence-corrected chi connectivity index (χ1v) is 8.50. The van der Waals surface area contributed by atoms with Crippen LogP contribution in [0.5, 0.6) is 5.75 Å². The van der Waals surface area contributed by atoms with Crippen molar-refractivity contribution in [2.24, 2.45) is 10.7 Å². The largest absolute Gasteiger partial charge is 0.491 e. The highest BCUT2D eigenvalue weighted by molar-refractivity contribution is 5.78. The Balaban J connectivity index is 1.64. The Hall–Kier alpha value is -1.75. The average Bonchev–Trinajstić information content (AvgIpc) is 3.27. The van der Waals surface area contributed by atoms with Crippen molar-refractivity contribution in [1.29, 1.82) is 0 Å². The molecule has 0 unspecified atom stereocenters. The van der Waals surface area contributed by atoms with Crippen LogP contribution in [0.15, 0.2) is 23.2 Å². The molecule has 1 atom stereocenters. The fourth-order valence-corrected chi connectivity index (χ4v) is 2.81. The normalized spacial score (nSPS) is 21.5. The number of hydrogen-bond acceptors (Lipinski definition) is 3. The van der Waals surface area contributed by atoms with Crippen LogP contribution in [-0.2, 0) is 11.3 Å². The van der Waals surface area contributed by atoms with Gasteiger partial charge in [0.15, 0.2) is 5.96 Å². The third kappa shape index (κ3) is 4.38. The molecule has 0 radical (unpaired) electrons. The van der Waals surface area contributed by atoms with Crippen LogP contribution in [0.3, 0.4) is 0 Å². The fourth-order valence-electron chi connectivity index (χ4n) is 2.81. The van der Waals surface area contributed by atoms with Gasteiger partial charge in [0.25, 0.3) is 0 Å². The number of guanidine groups is 1. The van der Waals surface area contributed by atoms with Crippen molar-refractivity contribution in [2.45, 2.75) is 51.3 Å². The maximum atomic E-state index is 6.07. The number of aliphatic imine (C=N–C) groups is 1. The third-order valence-corrected chi connectivity index (χ3v) is 4.54. The molecule has 0 spiro atoms. The Morgan fingerprint density at radius 3 is 2.91 bits per heavy atom. The van der Waals surface area contributed by atoms with Gasteiger partial charge in [-0.15, -0.1) is 0 Å². The first kappa shape index (κ1) is 16.1. The number of ether oxygens (including phenoxy) is 2. The van der Waals surface area contributed by atoms with E-state index in [1.54, 1.807) is 0 Å². The second-order valence-corrected chi connectivity index (χ2v) is 6.57. The molecule has 0 aromatic heterocycles. The van der Waals surface area contributed by atoms with Crippen molar-refractivity contribution in [3.8, 4) is 5.75 Å². The van der Waals surface area contributed by atoms with E-state index < -0.39 is 0 Å². The third-order valence-electron chi connectivity index (χ3n) is 4.54. The minimum absolute atomic E-state index is 0.220. The van der Waals surface area contributed by atoms with E-state index in [0.29, 0.717) is 25.2 Å². The number of nitrogens with zero attached hydrogens (tertiary/aromatic N) is 2. The first-order valence-electron chi connectivity index (χ1n) is 8.50. The van der Waals surface area contributed by atoms with Crippen molar-refractivity contribution >= 4 is 5.96 Å². The maximum absolute atomic E-state index is 6.07. The van der Waals surface area contributed by atoms with E-state index in [9.17, 15) is 0 Å². The lowest BCUT2D eigenvalue weighted by atomic mass is 10.1. The highest BCUT2D eigenvalue weighted by Crippen LogP contribution is 2.26. The van der Waals surface area contributed by atoms with Gasteiger partial charge in [0.05, 0.1) is 12.6 Å². The van der Waals surface area contributed by atoms with Crippen molar-refractivity contribution < 1.29 is 9.47 Å². The molecule has 1 heterocycles. The standard InChI is InChI=1S/C18H27N3O2/c1-13-5-6-14(11-20-18(19)21(2)15-7-8-15)17(10-13)23-12-16-4-3-9-22-16/h5-6,10,15-16H,3-4,7-9,11-12H2,1-2H3,(H2,19,20)/t16-/m0/s1. The molecule has 23 heavy (non-hydrogen) atoms. The highest BCUT2D eigenvalue weighted by atomic mass is 16.5. The summed E-state index contributed by atoms with van der Waals surface area (Å²) in [5.74, 6) is 1.50. The molecule has 126 valence electrons. The lowest BCUT2D eigenvalue weighted by Gasteiger charge is -2.18. The molecule has 1 saturated heterocycles. The van der Waals surface area contributed by atoms with Gasteiger partial charge in [0.1, 0.15) is 12.4 Å². The predicted octanol–water partition coefficient (Wildman–Crippen LogP) is 2.46. The minimum atomic E-state index is 0.220. The molecule has 1 aromatic carbocycles. The van der Waals surface area contributed by atoms with Crippen molar-refractivity contribution in [1.82, 2.24) is 4.90 Å². The van der Waals surface area contributed by atoms with Crippen LogP contribution in [-0.4, -0.2) is 43.3 Å². The zero-order chi connectivity index (χ0) is 16.2. The molecular formula is C18H27N3O2. The summed E-state index contributed by atoms with van der Waals surface area (Å²) in [7, 11) is 2.01. The molecule has 5 heteroatoms. The number of rotatable bonds is 6. The molecule has 1 saturated carbocycles. The topological polar surface area (TPSA) is 60.1 Å². The predicted molar refractivity (Wildman–Crippen MR) is 91.8 cm³/mol. The highest BCUT2D eigenvalue weighted by Gasteiger charge is 2.27. The van der Waals surface area contributed by atoms with Crippen LogP contribution in [0.1, 0.15) is 36.8 Å². The molecule has 0 amide bonds. The van der Waals surface area contributed by atoms with E-state index in [1.807, 2.05) is 7.05 Å². The summed E-state index contributed by atoms with van der Waals surface area (Å²) in [6, 6.07) is 6.81. The molecule has 1 aliphatic heterocycles. The van der Waals surface area contributed by atoms with Gasteiger partial charge < -0.3 is 20.1 Å². The van der Waals surface area contributed by atoms with Crippen molar-refractivity contribution in [3.63, 3.8) is 0 Å². The lowest BCUT2D eigenvalue weighted by Crippen LogP contribution is -2.35. The Labute approximate surface area is 138 Å². The molecule has 2 aliphatic rings. The van der Waals surface area contributed by atoms with Gasteiger partial charge in [-0.25, -0.2) is 4.99 Å². The van der Waals surface area contributed by atoms with Crippen molar-refractivity contribution in [2.75, 3.05) is 20.3 Å². The van der Waals surface area contributed by atoms with Gasteiger partial charge in [-0.1, -0.05) is 12.1 Å². The second kappa shape index (κ2) is 7.21. The van der Waals surface area contributed by atoms with E-state index in [0.717, 1.165) is 30.8 Å². The summed E-state index contributed by atoms with van der Waals surface area (Å²) >= 11 is 0. The monoisotopic (exact) mass is 317 g/mol. The molecule has 2 fully saturated rings. The van der Waals surface area contributed by atoms with Crippen LogP contribution in [0.2, 0.25) is 0 Å². The van der Waals surface area contributed by atoms with E-state index in [-0.39, 0.29) is 6.10 Å². The molecule has 0 bridgehead atoms. The van der Waals surface area contributed by atoms with Gasteiger partial charge in [-0.2, -0.15) is 0 Å². The van der Waals surface area contributed by atoms with Crippen LogP contribution < -0.4 is 10.5 Å². The molecule has 5 nitrogen and oxygen atoms in total. The van der Waals surface area contributed by atoms with E-state index in [4.69, 9.17) is 15.2 Å². The Morgan fingerprint density at radius 2 is 2.22 bits per heavy atom. The van der Waals surface area contributed by atoms with E-state index in [1.165, 1.54) is 18.4 Å². The van der Waals surface area contributed by atoms with Gasteiger partial charge >= 0.3 is 0 Å². The first-order chi connectivity index (χ1) is 11.1. The van der Waals surface area contributed by atoms with Crippen LogP contribution >= 0.6 is 0 Å². The van der Waals surface area contributed by atoms with Gasteiger partial charge in [0.2, 0.25) is 0 Å². The summed E-state index contributed by atoms with van der Waals surface area (Å²) < 4.78 is 11.6.